The average Bonchev–Trinajstić information content (AvgIpc) is 2.28. The zero-order chi connectivity index (χ0) is 12.1. The van der Waals surface area contributed by atoms with Gasteiger partial charge in [0, 0.05) is 16.7 Å². The van der Waals surface area contributed by atoms with Crippen LogP contribution in [0.4, 0.5) is 0 Å². The Morgan fingerprint density at radius 2 is 2.06 bits per heavy atom. The number of benzene rings is 1. The maximum absolute atomic E-state index is 12.2. The van der Waals surface area contributed by atoms with Crippen molar-refractivity contribution in [3.8, 4) is 0 Å². The smallest absolute Gasteiger partial charge is 0.0548 e. The number of nitrogens with one attached hydrogen (secondary N) is 1. The molecule has 0 saturated carbocycles. The molecule has 0 aliphatic heterocycles. The van der Waals surface area contributed by atoms with Gasteiger partial charge in [0.1, 0.15) is 0 Å². The largest absolute Gasteiger partial charge is 0.316 e. The highest BCUT2D eigenvalue weighted by atomic mass is 32.2. The third-order valence-electron chi connectivity index (χ3n) is 2.84. The predicted molar refractivity (Wildman–Crippen MR) is 70.3 cm³/mol. The number of hydrogen-bond donors (Lipinski definition) is 1. The van der Waals surface area contributed by atoms with Crippen molar-refractivity contribution < 1.29 is 4.21 Å². The van der Waals surface area contributed by atoms with Crippen LogP contribution in [-0.2, 0) is 10.8 Å². The number of hydrogen-bond acceptors (Lipinski definition) is 2. The fourth-order valence-corrected chi connectivity index (χ4v) is 3.32. The van der Waals surface area contributed by atoms with Gasteiger partial charge in [-0.2, -0.15) is 0 Å². The van der Waals surface area contributed by atoms with Crippen molar-refractivity contribution in [3.63, 3.8) is 0 Å². The molecule has 2 atom stereocenters. The molecule has 16 heavy (non-hydrogen) atoms. The molecule has 0 fully saturated rings. The first-order valence-corrected chi connectivity index (χ1v) is 7.03. The van der Waals surface area contributed by atoms with E-state index in [4.69, 9.17) is 0 Å². The van der Waals surface area contributed by atoms with E-state index in [0.717, 1.165) is 16.9 Å². The van der Waals surface area contributed by atoms with E-state index in [2.05, 4.69) is 18.3 Å². The molecular weight excluding hydrogens is 218 g/mol. The summed E-state index contributed by atoms with van der Waals surface area (Å²) in [5.41, 5.74) is 2.29. The minimum absolute atomic E-state index is 0.334. The Labute approximate surface area is 101 Å². The first-order valence-electron chi connectivity index (χ1n) is 5.71. The topological polar surface area (TPSA) is 29.1 Å². The van der Waals surface area contributed by atoms with Crippen LogP contribution in [0.15, 0.2) is 23.1 Å². The van der Waals surface area contributed by atoms with Crippen LogP contribution < -0.4 is 5.32 Å². The van der Waals surface area contributed by atoms with Crippen LogP contribution in [-0.4, -0.2) is 23.1 Å². The normalized spacial score (nSPS) is 14.8. The SMILES string of the molecule is CCC(CS(=O)c1cc(C)ccc1C)NC. The van der Waals surface area contributed by atoms with Gasteiger partial charge in [-0.3, -0.25) is 4.21 Å². The fourth-order valence-electron chi connectivity index (χ4n) is 1.63. The van der Waals surface area contributed by atoms with Crippen molar-refractivity contribution in [1.82, 2.24) is 5.32 Å². The molecule has 2 unspecified atom stereocenters. The van der Waals surface area contributed by atoms with Gasteiger partial charge in [0.15, 0.2) is 0 Å². The molecule has 0 radical (unpaired) electrons. The molecule has 0 amide bonds. The maximum atomic E-state index is 12.2. The van der Waals surface area contributed by atoms with E-state index < -0.39 is 10.8 Å². The van der Waals surface area contributed by atoms with Gasteiger partial charge in [0.25, 0.3) is 0 Å². The Kier molecular flexibility index (Phi) is 5.16. The van der Waals surface area contributed by atoms with Crippen molar-refractivity contribution >= 4 is 10.8 Å². The molecule has 2 nitrogen and oxygen atoms in total. The highest BCUT2D eigenvalue weighted by molar-refractivity contribution is 7.85. The van der Waals surface area contributed by atoms with Crippen LogP contribution in [0.5, 0.6) is 0 Å². The quantitative estimate of drug-likeness (QED) is 0.855. The lowest BCUT2D eigenvalue weighted by Gasteiger charge is -2.14. The van der Waals surface area contributed by atoms with Crippen LogP contribution in [0.2, 0.25) is 0 Å². The molecular formula is C13H21NOS. The van der Waals surface area contributed by atoms with Gasteiger partial charge in [-0.15, -0.1) is 0 Å². The second-order valence-electron chi connectivity index (χ2n) is 4.17. The minimum Gasteiger partial charge on any atom is -0.316 e. The van der Waals surface area contributed by atoms with Crippen LogP contribution >= 0.6 is 0 Å². The second-order valence-corrected chi connectivity index (χ2v) is 5.64. The van der Waals surface area contributed by atoms with Gasteiger partial charge >= 0.3 is 0 Å². The molecule has 3 heteroatoms. The zero-order valence-corrected chi connectivity index (χ0v) is 11.4. The Morgan fingerprint density at radius 1 is 1.38 bits per heavy atom. The van der Waals surface area contributed by atoms with E-state index in [1.54, 1.807) is 0 Å². The highest BCUT2D eigenvalue weighted by Crippen LogP contribution is 2.16. The lowest BCUT2D eigenvalue weighted by molar-refractivity contribution is 0.590. The molecule has 0 aliphatic rings. The molecule has 1 aromatic rings. The summed E-state index contributed by atoms with van der Waals surface area (Å²) in [5, 5.41) is 3.19. The molecule has 0 heterocycles. The lowest BCUT2D eigenvalue weighted by atomic mass is 10.2. The molecule has 0 saturated heterocycles. The Morgan fingerprint density at radius 3 is 2.62 bits per heavy atom. The van der Waals surface area contributed by atoms with Gasteiger partial charge in [0.05, 0.1) is 10.8 Å². The highest BCUT2D eigenvalue weighted by Gasteiger charge is 2.12. The molecule has 0 spiro atoms. The third-order valence-corrected chi connectivity index (χ3v) is 4.48. The van der Waals surface area contributed by atoms with Crippen LogP contribution in [0.25, 0.3) is 0 Å². The molecule has 1 aromatic carbocycles. The first kappa shape index (κ1) is 13.4. The second kappa shape index (κ2) is 6.16. The van der Waals surface area contributed by atoms with Crippen molar-refractivity contribution in [2.75, 3.05) is 12.8 Å². The Bertz CT molecular complexity index is 372. The first-order chi connectivity index (χ1) is 7.58. The van der Waals surface area contributed by atoms with Gasteiger partial charge in [-0.25, -0.2) is 0 Å². The predicted octanol–water partition coefficient (Wildman–Crippen LogP) is 2.41. The summed E-state index contributed by atoms with van der Waals surface area (Å²) >= 11 is 0. The van der Waals surface area contributed by atoms with Gasteiger partial charge in [-0.1, -0.05) is 19.1 Å². The molecule has 90 valence electrons. The average molecular weight is 239 g/mol. The summed E-state index contributed by atoms with van der Waals surface area (Å²) in [4.78, 5) is 0.980. The fraction of sp³-hybridized carbons (Fsp3) is 0.538. The van der Waals surface area contributed by atoms with E-state index in [1.165, 1.54) is 5.56 Å². The van der Waals surface area contributed by atoms with Crippen LogP contribution in [0, 0.1) is 13.8 Å². The zero-order valence-electron chi connectivity index (χ0n) is 10.5. The molecule has 0 bridgehead atoms. The Balaban J connectivity index is 2.83. The van der Waals surface area contributed by atoms with Crippen LogP contribution in [0.3, 0.4) is 0 Å². The summed E-state index contributed by atoms with van der Waals surface area (Å²) in [6.07, 6.45) is 1.01. The maximum Gasteiger partial charge on any atom is 0.0548 e. The Hall–Kier alpha value is -0.670. The molecule has 0 aliphatic carbocycles. The summed E-state index contributed by atoms with van der Waals surface area (Å²) in [5.74, 6) is 0.692. The summed E-state index contributed by atoms with van der Waals surface area (Å²) in [6.45, 7) is 6.17. The minimum atomic E-state index is -0.898. The van der Waals surface area contributed by atoms with E-state index in [0.29, 0.717) is 11.8 Å². The van der Waals surface area contributed by atoms with Gasteiger partial charge in [-0.05, 0) is 44.5 Å². The number of rotatable bonds is 5. The lowest BCUT2D eigenvalue weighted by Crippen LogP contribution is -2.30. The summed E-state index contributed by atoms with van der Waals surface area (Å²) in [7, 11) is 1.03. The molecule has 0 aromatic heterocycles. The van der Waals surface area contributed by atoms with Gasteiger partial charge in [0.2, 0.25) is 0 Å². The van der Waals surface area contributed by atoms with Crippen LogP contribution in [0.1, 0.15) is 24.5 Å². The third kappa shape index (κ3) is 3.42. The molecule has 1 rings (SSSR count). The van der Waals surface area contributed by atoms with E-state index in [9.17, 15) is 4.21 Å². The van der Waals surface area contributed by atoms with Crippen molar-refractivity contribution in [2.24, 2.45) is 0 Å². The van der Waals surface area contributed by atoms with Crippen molar-refractivity contribution in [2.45, 2.75) is 38.1 Å². The monoisotopic (exact) mass is 239 g/mol. The van der Waals surface area contributed by atoms with Gasteiger partial charge < -0.3 is 5.32 Å². The van der Waals surface area contributed by atoms with E-state index in [1.807, 2.05) is 33.0 Å². The molecule has 1 N–H and O–H groups in total. The van der Waals surface area contributed by atoms with Crippen molar-refractivity contribution in [1.29, 1.82) is 0 Å². The van der Waals surface area contributed by atoms with Crippen molar-refractivity contribution in [3.05, 3.63) is 29.3 Å². The summed E-state index contributed by atoms with van der Waals surface area (Å²) in [6, 6.07) is 6.48. The van der Waals surface area contributed by atoms with E-state index in [-0.39, 0.29) is 0 Å². The summed E-state index contributed by atoms with van der Waals surface area (Å²) < 4.78 is 12.2. The number of aryl methyl sites for hydroxylation is 2. The standard InChI is InChI=1S/C13H21NOS/c1-5-12(14-4)9-16(15)13-8-10(2)6-7-11(13)3/h6-8,12,14H,5,9H2,1-4H3. The van der Waals surface area contributed by atoms with E-state index >= 15 is 0 Å².